The van der Waals surface area contributed by atoms with E-state index in [-0.39, 0.29) is 0 Å². The number of hydrogen-bond acceptors (Lipinski definition) is 2. The molecule has 116 valence electrons. The van der Waals surface area contributed by atoms with Gasteiger partial charge in [-0.3, -0.25) is 9.59 Å². The molecule has 0 aliphatic heterocycles. The quantitative estimate of drug-likeness (QED) is 0.778. The second kappa shape index (κ2) is 7.09. The van der Waals surface area contributed by atoms with Gasteiger partial charge in [0, 0.05) is 0 Å². The Morgan fingerprint density at radius 3 is 2.00 bits per heavy atom. The summed E-state index contributed by atoms with van der Waals surface area (Å²) in [5.41, 5.74) is -0.540. The van der Waals surface area contributed by atoms with E-state index in [9.17, 15) is 19.8 Å². The van der Waals surface area contributed by atoms with Gasteiger partial charge in [-0.25, -0.2) is 0 Å². The third-order valence-corrected chi connectivity index (χ3v) is 4.53. The molecule has 20 heavy (non-hydrogen) atoms. The molecule has 1 aliphatic rings. The third kappa shape index (κ3) is 4.80. The molecule has 0 aromatic carbocycles. The van der Waals surface area contributed by atoms with Crippen molar-refractivity contribution in [3.8, 4) is 0 Å². The van der Waals surface area contributed by atoms with E-state index in [4.69, 9.17) is 0 Å². The number of carbonyl (C=O) groups is 2. The maximum atomic E-state index is 11.5. The Kier molecular flexibility index (Phi) is 6.03. The lowest BCUT2D eigenvalue weighted by molar-refractivity contribution is -0.159. The van der Waals surface area contributed by atoms with E-state index >= 15 is 0 Å². The molecule has 0 radical (unpaired) electrons. The second-order valence-electron chi connectivity index (χ2n) is 7.21. The summed E-state index contributed by atoms with van der Waals surface area (Å²) in [5, 5.41) is 18.8. The normalized spacial score (nSPS) is 20.4. The molecule has 1 saturated carbocycles. The SMILES string of the molecule is CC(C)(C)[C@H](C(=O)O)C(CCC1CCCCC1)C(=O)O. The van der Waals surface area contributed by atoms with Crippen molar-refractivity contribution in [1.82, 2.24) is 0 Å². The van der Waals surface area contributed by atoms with Crippen molar-refractivity contribution < 1.29 is 19.8 Å². The lowest BCUT2D eigenvalue weighted by Gasteiger charge is -2.32. The van der Waals surface area contributed by atoms with Crippen LogP contribution in [0.4, 0.5) is 0 Å². The van der Waals surface area contributed by atoms with E-state index in [1.807, 2.05) is 20.8 Å². The summed E-state index contributed by atoms with van der Waals surface area (Å²) in [7, 11) is 0. The molecule has 1 aliphatic carbocycles. The summed E-state index contributed by atoms with van der Waals surface area (Å²) in [6.45, 7) is 5.42. The highest BCUT2D eigenvalue weighted by atomic mass is 16.4. The van der Waals surface area contributed by atoms with Gasteiger partial charge in [0.1, 0.15) is 0 Å². The van der Waals surface area contributed by atoms with Crippen LogP contribution in [-0.4, -0.2) is 22.2 Å². The number of carboxylic acid groups (broad SMARTS) is 2. The van der Waals surface area contributed by atoms with Crippen molar-refractivity contribution in [3.05, 3.63) is 0 Å². The summed E-state index contributed by atoms with van der Waals surface area (Å²) in [4.78, 5) is 23.0. The predicted octanol–water partition coefficient (Wildman–Crippen LogP) is 3.79. The Hall–Kier alpha value is -1.06. The molecule has 1 fully saturated rings. The van der Waals surface area contributed by atoms with Crippen molar-refractivity contribution in [1.29, 1.82) is 0 Å². The van der Waals surface area contributed by atoms with Crippen LogP contribution in [0.2, 0.25) is 0 Å². The fraction of sp³-hybridized carbons (Fsp3) is 0.875. The van der Waals surface area contributed by atoms with Crippen LogP contribution in [-0.2, 0) is 9.59 Å². The highest BCUT2D eigenvalue weighted by Crippen LogP contribution is 2.37. The minimum Gasteiger partial charge on any atom is -0.481 e. The molecule has 4 nitrogen and oxygen atoms in total. The number of carboxylic acids is 2. The minimum atomic E-state index is -0.992. The molecule has 1 rings (SSSR count). The van der Waals surface area contributed by atoms with Crippen LogP contribution < -0.4 is 0 Å². The first-order chi connectivity index (χ1) is 9.23. The number of hydrogen-bond donors (Lipinski definition) is 2. The lowest BCUT2D eigenvalue weighted by atomic mass is 9.70. The fourth-order valence-corrected chi connectivity index (χ4v) is 3.47. The van der Waals surface area contributed by atoms with Gasteiger partial charge in [0.05, 0.1) is 11.8 Å². The van der Waals surface area contributed by atoms with E-state index < -0.39 is 29.2 Å². The first kappa shape index (κ1) is 17.0. The van der Waals surface area contributed by atoms with Gasteiger partial charge in [-0.15, -0.1) is 0 Å². The van der Waals surface area contributed by atoms with Crippen LogP contribution in [0.5, 0.6) is 0 Å². The molecular formula is C16H28O4. The fourth-order valence-electron chi connectivity index (χ4n) is 3.47. The zero-order valence-corrected chi connectivity index (χ0v) is 12.9. The summed E-state index contributed by atoms with van der Waals surface area (Å²) in [6.07, 6.45) is 7.39. The van der Waals surface area contributed by atoms with Gasteiger partial charge >= 0.3 is 11.9 Å². The first-order valence-electron chi connectivity index (χ1n) is 7.69. The molecule has 0 saturated heterocycles. The maximum absolute atomic E-state index is 11.5. The average molecular weight is 284 g/mol. The molecule has 0 heterocycles. The summed E-state index contributed by atoms with van der Waals surface area (Å²) in [6, 6.07) is 0. The molecule has 0 bridgehead atoms. The monoisotopic (exact) mass is 284 g/mol. The van der Waals surface area contributed by atoms with Crippen LogP contribution in [0.25, 0.3) is 0 Å². The van der Waals surface area contributed by atoms with Gasteiger partial charge in [0.15, 0.2) is 0 Å². The molecule has 0 amide bonds. The van der Waals surface area contributed by atoms with Crippen LogP contribution in [0.1, 0.15) is 65.7 Å². The van der Waals surface area contributed by atoms with Crippen molar-refractivity contribution in [2.45, 2.75) is 65.7 Å². The zero-order valence-electron chi connectivity index (χ0n) is 12.9. The molecule has 2 N–H and O–H groups in total. The van der Waals surface area contributed by atoms with Gasteiger partial charge in [-0.2, -0.15) is 0 Å². The van der Waals surface area contributed by atoms with Crippen LogP contribution in [0, 0.1) is 23.2 Å². The highest BCUT2D eigenvalue weighted by molar-refractivity contribution is 5.80. The standard InChI is InChI=1S/C16H28O4/c1-16(2,3)13(15(19)20)12(14(17)18)10-9-11-7-5-4-6-8-11/h11-13H,4-10H2,1-3H3,(H,17,18)(H,19,20)/t12?,13-/m0/s1. The van der Waals surface area contributed by atoms with E-state index in [2.05, 4.69) is 0 Å². The summed E-state index contributed by atoms with van der Waals surface area (Å²) >= 11 is 0. The largest absolute Gasteiger partial charge is 0.481 e. The Morgan fingerprint density at radius 1 is 1.05 bits per heavy atom. The first-order valence-corrected chi connectivity index (χ1v) is 7.69. The van der Waals surface area contributed by atoms with Crippen LogP contribution in [0.15, 0.2) is 0 Å². The third-order valence-electron chi connectivity index (χ3n) is 4.53. The van der Waals surface area contributed by atoms with Gasteiger partial charge in [-0.05, 0) is 24.2 Å². The van der Waals surface area contributed by atoms with Gasteiger partial charge < -0.3 is 10.2 Å². The Bertz CT molecular complexity index is 337. The smallest absolute Gasteiger partial charge is 0.307 e. The molecule has 4 heteroatoms. The Labute approximate surface area is 121 Å². The van der Waals surface area contributed by atoms with Crippen molar-refractivity contribution in [2.24, 2.45) is 23.2 Å². The van der Waals surface area contributed by atoms with Crippen molar-refractivity contribution in [2.75, 3.05) is 0 Å². The molecule has 2 atom stereocenters. The van der Waals surface area contributed by atoms with E-state index in [1.165, 1.54) is 32.1 Å². The molecule has 1 unspecified atom stereocenters. The van der Waals surface area contributed by atoms with Crippen LogP contribution >= 0.6 is 0 Å². The minimum absolute atomic E-state index is 0.480. The van der Waals surface area contributed by atoms with Crippen molar-refractivity contribution in [3.63, 3.8) is 0 Å². The Morgan fingerprint density at radius 2 is 1.60 bits per heavy atom. The summed E-state index contributed by atoms with van der Waals surface area (Å²) < 4.78 is 0. The molecule has 0 spiro atoms. The molecule has 0 aromatic heterocycles. The van der Waals surface area contributed by atoms with Gasteiger partial charge in [0.2, 0.25) is 0 Å². The van der Waals surface area contributed by atoms with Gasteiger partial charge in [-0.1, -0.05) is 52.9 Å². The topological polar surface area (TPSA) is 74.6 Å². The highest BCUT2D eigenvalue weighted by Gasteiger charge is 2.41. The van der Waals surface area contributed by atoms with E-state index in [1.54, 1.807) is 0 Å². The second-order valence-corrected chi connectivity index (χ2v) is 7.21. The molecule has 0 aromatic rings. The van der Waals surface area contributed by atoms with E-state index in [0.717, 1.165) is 6.42 Å². The average Bonchev–Trinajstić information content (AvgIpc) is 2.33. The van der Waals surface area contributed by atoms with Crippen LogP contribution in [0.3, 0.4) is 0 Å². The zero-order chi connectivity index (χ0) is 15.3. The summed E-state index contributed by atoms with van der Waals surface area (Å²) in [5.74, 6) is -2.99. The number of rotatable bonds is 6. The van der Waals surface area contributed by atoms with Gasteiger partial charge in [0.25, 0.3) is 0 Å². The van der Waals surface area contributed by atoms with Crippen molar-refractivity contribution >= 4 is 11.9 Å². The van der Waals surface area contributed by atoms with E-state index in [0.29, 0.717) is 12.3 Å². The maximum Gasteiger partial charge on any atom is 0.307 e. The lowest BCUT2D eigenvalue weighted by Crippen LogP contribution is -2.39. The molecular weight excluding hydrogens is 256 g/mol. The number of aliphatic carboxylic acids is 2. The predicted molar refractivity (Wildman–Crippen MR) is 77.5 cm³/mol. The Balaban J connectivity index is 2.71.